The van der Waals surface area contributed by atoms with Crippen LogP contribution in [0.5, 0.6) is 5.75 Å². The van der Waals surface area contributed by atoms with Gasteiger partial charge in [0.15, 0.2) is 0 Å². The lowest BCUT2D eigenvalue weighted by Gasteiger charge is -2.10. The summed E-state index contributed by atoms with van der Waals surface area (Å²) in [4.78, 5) is 18.6. The topological polar surface area (TPSA) is 113 Å². The van der Waals surface area contributed by atoms with Crippen LogP contribution in [0.25, 0.3) is 21.5 Å². The number of aromatic nitrogens is 3. The molecule has 0 aliphatic rings. The lowest BCUT2D eigenvalue weighted by Crippen LogP contribution is -2.12. The van der Waals surface area contributed by atoms with Gasteiger partial charge in [0.2, 0.25) is 0 Å². The number of benzene rings is 1. The first-order chi connectivity index (χ1) is 16.2. The summed E-state index contributed by atoms with van der Waals surface area (Å²) < 4.78 is 46.8. The van der Waals surface area contributed by atoms with E-state index in [2.05, 4.69) is 21.4 Å². The second-order valence-corrected chi connectivity index (χ2v) is 8.11. The Balaban J connectivity index is 1.55. The highest BCUT2D eigenvalue weighted by Gasteiger charge is 2.37. The molecular weight excluding hydrogens is 471 g/mol. The molecule has 0 fully saturated rings. The first kappa shape index (κ1) is 23.1. The van der Waals surface area contributed by atoms with Gasteiger partial charge in [0.1, 0.15) is 34.5 Å². The van der Waals surface area contributed by atoms with E-state index >= 15 is 0 Å². The first-order valence-electron chi connectivity index (χ1n) is 9.80. The van der Waals surface area contributed by atoms with Crippen molar-refractivity contribution in [2.24, 2.45) is 0 Å². The van der Waals surface area contributed by atoms with Gasteiger partial charge in [0.05, 0.1) is 28.8 Å². The Labute approximate surface area is 194 Å². The highest BCUT2D eigenvalue weighted by Crippen LogP contribution is 2.40. The van der Waals surface area contributed by atoms with E-state index in [-0.39, 0.29) is 10.6 Å². The summed E-state index contributed by atoms with van der Waals surface area (Å²) >= 11 is 0.498. The Morgan fingerprint density at radius 2 is 2.09 bits per heavy atom. The second kappa shape index (κ2) is 9.03. The fraction of sp³-hybridized carbons (Fsp3) is 0.182. The van der Waals surface area contributed by atoms with Crippen molar-refractivity contribution in [3.8, 4) is 22.4 Å². The number of thiophene rings is 1. The molecule has 0 bridgehead atoms. The van der Waals surface area contributed by atoms with Crippen molar-refractivity contribution in [1.82, 2.24) is 14.5 Å². The van der Waals surface area contributed by atoms with Crippen LogP contribution in [0.2, 0.25) is 0 Å². The molecule has 0 radical (unpaired) electrons. The number of nitrogens with one attached hydrogen (secondary N) is 1. The second-order valence-electron chi connectivity index (χ2n) is 7.06. The largest absolute Gasteiger partial charge is 0.496 e. The van der Waals surface area contributed by atoms with E-state index in [4.69, 9.17) is 9.84 Å². The monoisotopic (exact) mass is 487 g/mol. The zero-order valence-corrected chi connectivity index (χ0v) is 18.4. The zero-order chi connectivity index (χ0) is 24.5. The van der Waals surface area contributed by atoms with Gasteiger partial charge in [-0.2, -0.15) is 18.4 Å². The Morgan fingerprint density at radius 3 is 2.74 bits per heavy atom. The van der Waals surface area contributed by atoms with Crippen molar-refractivity contribution in [2.75, 3.05) is 19.0 Å². The number of halogens is 3. The Morgan fingerprint density at radius 1 is 1.29 bits per heavy atom. The van der Waals surface area contributed by atoms with Gasteiger partial charge < -0.3 is 19.7 Å². The van der Waals surface area contributed by atoms with E-state index in [0.29, 0.717) is 41.7 Å². The number of hydrogen-bond donors (Lipinski definition) is 2. The number of nitriles is 1. The number of aromatic carboxylic acids is 1. The van der Waals surface area contributed by atoms with Crippen LogP contribution in [0.1, 0.15) is 20.9 Å². The van der Waals surface area contributed by atoms with Gasteiger partial charge >= 0.3 is 12.1 Å². The molecule has 174 valence electrons. The molecule has 0 amide bonds. The highest BCUT2D eigenvalue weighted by atomic mass is 32.1. The lowest BCUT2D eigenvalue weighted by atomic mass is 10.2. The molecular formula is C22H16F3N5O3S. The maximum atomic E-state index is 13.2. The number of carboxylic acids is 1. The number of rotatable bonds is 7. The maximum Gasteiger partial charge on any atom is 0.418 e. The molecule has 1 aromatic carbocycles. The number of anilines is 1. The molecule has 0 saturated heterocycles. The predicted molar refractivity (Wildman–Crippen MR) is 119 cm³/mol. The Bertz CT molecular complexity index is 1420. The summed E-state index contributed by atoms with van der Waals surface area (Å²) in [7, 11) is 1.55. The van der Waals surface area contributed by atoms with Crippen LogP contribution in [-0.2, 0) is 12.7 Å². The lowest BCUT2D eigenvalue weighted by molar-refractivity contribution is -0.137. The average molecular weight is 487 g/mol. The smallest absolute Gasteiger partial charge is 0.418 e. The van der Waals surface area contributed by atoms with Crippen LogP contribution < -0.4 is 10.1 Å². The molecule has 0 saturated carbocycles. The Kier molecular flexibility index (Phi) is 6.12. The molecule has 3 aromatic heterocycles. The van der Waals surface area contributed by atoms with E-state index < -0.39 is 22.6 Å². The third-order valence-corrected chi connectivity index (χ3v) is 6.18. The fourth-order valence-electron chi connectivity index (χ4n) is 3.54. The molecule has 8 nitrogen and oxygen atoms in total. The van der Waals surface area contributed by atoms with Crippen molar-refractivity contribution in [3.63, 3.8) is 0 Å². The minimum atomic E-state index is -4.79. The van der Waals surface area contributed by atoms with E-state index in [1.54, 1.807) is 19.2 Å². The number of nitrogens with zero attached hydrogens (tertiary/aromatic N) is 4. The number of fused-ring (bicyclic) bond motifs is 1. The summed E-state index contributed by atoms with van der Waals surface area (Å²) in [5, 5.41) is 22.5. The minimum absolute atomic E-state index is 0.0606. The highest BCUT2D eigenvalue weighted by molar-refractivity contribution is 7.17. The van der Waals surface area contributed by atoms with E-state index in [0.717, 1.165) is 17.0 Å². The van der Waals surface area contributed by atoms with Crippen molar-refractivity contribution in [3.05, 3.63) is 58.9 Å². The van der Waals surface area contributed by atoms with E-state index in [9.17, 15) is 23.2 Å². The van der Waals surface area contributed by atoms with E-state index in [1.165, 1.54) is 12.4 Å². The molecule has 0 atom stereocenters. The van der Waals surface area contributed by atoms with Gasteiger partial charge in [-0.25, -0.2) is 14.8 Å². The van der Waals surface area contributed by atoms with Gasteiger partial charge in [0.25, 0.3) is 0 Å². The zero-order valence-electron chi connectivity index (χ0n) is 17.6. The number of methoxy groups -OCH3 is 1. The van der Waals surface area contributed by atoms with Crippen molar-refractivity contribution in [2.45, 2.75) is 12.7 Å². The standard InChI is InChI=1S/C22H16F3N5O3S/c1-33-17-4-2-3-16-13(17)7-12(10-26)30(16)6-5-27-19-9-15(28-11-29-19)18-8-14(22(23,24)25)20(34-18)21(31)32/h2-4,7-9,11H,5-6H2,1H3,(H,31,32)(H,27,28,29). The predicted octanol–water partition coefficient (Wildman–Crippen LogP) is 4.87. The molecule has 4 rings (SSSR count). The average Bonchev–Trinajstić information content (AvgIpc) is 3.42. The minimum Gasteiger partial charge on any atom is -0.496 e. The first-order valence-corrected chi connectivity index (χ1v) is 10.6. The third-order valence-electron chi connectivity index (χ3n) is 5.03. The quantitative estimate of drug-likeness (QED) is 0.382. The summed E-state index contributed by atoms with van der Waals surface area (Å²) in [6.45, 7) is 0.754. The molecule has 3 heterocycles. The van der Waals surface area contributed by atoms with Crippen LogP contribution >= 0.6 is 11.3 Å². The van der Waals surface area contributed by atoms with Crippen LogP contribution in [0.3, 0.4) is 0 Å². The van der Waals surface area contributed by atoms with Gasteiger partial charge in [0, 0.05) is 24.5 Å². The number of ether oxygens (including phenoxy) is 1. The molecule has 0 aliphatic carbocycles. The van der Waals surface area contributed by atoms with E-state index in [1.807, 2.05) is 16.7 Å². The van der Waals surface area contributed by atoms with Crippen LogP contribution in [0.15, 0.2) is 42.7 Å². The summed E-state index contributed by atoms with van der Waals surface area (Å²) in [5.41, 5.74) is 0.214. The van der Waals surface area contributed by atoms with Crippen molar-refractivity contribution >= 4 is 34.0 Å². The number of carbonyl (C=O) groups is 1. The van der Waals surface area contributed by atoms with Crippen LogP contribution in [-0.4, -0.2) is 39.3 Å². The third kappa shape index (κ3) is 4.38. The maximum absolute atomic E-state index is 13.2. The van der Waals surface area contributed by atoms with Gasteiger partial charge in [-0.15, -0.1) is 11.3 Å². The van der Waals surface area contributed by atoms with Crippen molar-refractivity contribution < 1.29 is 27.8 Å². The summed E-state index contributed by atoms with van der Waals surface area (Å²) in [5.74, 6) is -0.660. The molecule has 0 unspecified atom stereocenters. The number of hydrogen-bond acceptors (Lipinski definition) is 7. The molecule has 4 aromatic rings. The van der Waals surface area contributed by atoms with Crippen LogP contribution in [0, 0.1) is 11.3 Å². The number of alkyl halides is 3. The Hall–Kier alpha value is -4.11. The molecule has 0 aliphatic heterocycles. The molecule has 12 heteroatoms. The fourth-order valence-corrected chi connectivity index (χ4v) is 4.52. The van der Waals surface area contributed by atoms with Gasteiger partial charge in [-0.3, -0.25) is 0 Å². The van der Waals surface area contributed by atoms with Crippen molar-refractivity contribution in [1.29, 1.82) is 5.26 Å². The van der Waals surface area contributed by atoms with Crippen LogP contribution in [0.4, 0.5) is 19.0 Å². The van der Waals surface area contributed by atoms with Gasteiger partial charge in [-0.1, -0.05) is 6.07 Å². The summed E-state index contributed by atoms with van der Waals surface area (Å²) in [6, 6.07) is 11.6. The molecule has 0 spiro atoms. The summed E-state index contributed by atoms with van der Waals surface area (Å²) in [6.07, 6.45) is -3.61. The molecule has 34 heavy (non-hydrogen) atoms. The number of carboxylic acid groups (broad SMARTS) is 1. The SMILES string of the molecule is COc1cccc2c1cc(C#N)n2CCNc1cc(-c2cc(C(F)(F)F)c(C(=O)O)s2)ncn1. The van der Waals surface area contributed by atoms with Gasteiger partial charge in [-0.05, 0) is 24.3 Å². The normalized spacial score (nSPS) is 11.4. The molecule has 2 N–H and O–H groups in total.